The summed E-state index contributed by atoms with van der Waals surface area (Å²) in [5.74, 6) is -0.479. The van der Waals surface area contributed by atoms with Gasteiger partial charge in [0.25, 0.3) is 0 Å². The van der Waals surface area contributed by atoms with Crippen LogP contribution in [0, 0.1) is 0 Å². The van der Waals surface area contributed by atoms with Gasteiger partial charge in [-0.25, -0.2) is 5.01 Å². The van der Waals surface area contributed by atoms with Gasteiger partial charge >= 0.3 is 0 Å². The van der Waals surface area contributed by atoms with E-state index < -0.39 is 6.17 Å². The fourth-order valence-corrected chi connectivity index (χ4v) is 2.93. The second-order valence-corrected chi connectivity index (χ2v) is 5.98. The van der Waals surface area contributed by atoms with Gasteiger partial charge in [-0.05, 0) is 33.6 Å². The van der Waals surface area contributed by atoms with Crippen molar-refractivity contribution in [3.05, 3.63) is 28.2 Å². The molecular weight excluding hydrogens is 380 g/mol. The van der Waals surface area contributed by atoms with E-state index in [0.717, 1.165) is 5.01 Å². The lowest BCUT2D eigenvalue weighted by Crippen LogP contribution is -2.45. The van der Waals surface area contributed by atoms with Crippen LogP contribution in [-0.4, -0.2) is 40.7 Å². The number of nitrogens with one attached hydrogen (secondary N) is 1. The minimum absolute atomic E-state index is 0.0159. The summed E-state index contributed by atoms with van der Waals surface area (Å²) in [6.07, 6.45) is -0.788. The van der Waals surface area contributed by atoms with Crippen LogP contribution in [0.25, 0.3) is 0 Å². The lowest BCUT2D eigenvalue weighted by molar-refractivity contribution is -0.136. The number of hydrogen-bond donors (Lipinski definition) is 1. The molecule has 0 saturated carbocycles. The van der Waals surface area contributed by atoms with Gasteiger partial charge in [0, 0.05) is 20.8 Å². The minimum Gasteiger partial charge on any atom is -0.496 e. The molecule has 0 unspecified atom stereocenters. The molecule has 1 aliphatic heterocycles. The molecule has 0 spiro atoms. The molecule has 8 nitrogen and oxygen atoms in total. The molecule has 1 heterocycles. The van der Waals surface area contributed by atoms with Crippen LogP contribution < -0.4 is 10.1 Å². The van der Waals surface area contributed by atoms with Crippen LogP contribution in [0.1, 0.15) is 32.5 Å². The van der Waals surface area contributed by atoms with Crippen LogP contribution in [0.2, 0.25) is 0 Å². The maximum absolute atomic E-state index is 12.1. The fraction of sp³-hybridized carbons (Fsp3) is 0.333. The molecule has 9 heteroatoms. The first-order valence-corrected chi connectivity index (χ1v) is 7.84. The van der Waals surface area contributed by atoms with Crippen molar-refractivity contribution in [3.8, 4) is 5.75 Å². The van der Waals surface area contributed by atoms with Gasteiger partial charge in [-0.15, -0.1) is 5.10 Å². The van der Waals surface area contributed by atoms with E-state index in [0.29, 0.717) is 15.8 Å². The van der Waals surface area contributed by atoms with Gasteiger partial charge in [0.05, 0.1) is 11.6 Å². The average Bonchev–Trinajstić information content (AvgIpc) is 2.85. The van der Waals surface area contributed by atoms with Gasteiger partial charge in [0.15, 0.2) is 6.17 Å². The lowest BCUT2D eigenvalue weighted by atomic mass is 10.1. The summed E-state index contributed by atoms with van der Waals surface area (Å²) in [6, 6.07) is 5.18. The van der Waals surface area contributed by atoms with Crippen molar-refractivity contribution in [2.24, 2.45) is 5.10 Å². The molecule has 0 saturated heterocycles. The summed E-state index contributed by atoms with van der Waals surface area (Å²) in [6.45, 7) is 3.98. The number of guanidine groups is 1. The molecule has 3 amide bonds. The number of carbonyl (C=O) groups is 3. The Kier molecular flexibility index (Phi) is 5.23. The Hall–Kier alpha value is -2.42. The van der Waals surface area contributed by atoms with E-state index >= 15 is 0 Å². The van der Waals surface area contributed by atoms with Gasteiger partial charge in [-0.1, -0.05) is 6.07 Å². The second-order valence-electron chi connectivity index (χ2n) is 5.13. The van der Waals surface area contributed by atoms with Crippen LogP contribution in [0.3, 0.4) is 0 Å². The zero-order valence-corrected chi connectivity index (χ0v) is 15.2. The average molecular weight is 397 g/mol. The van der Waals surface area contributed by atoms with E-state index in [1.165, 1.54) is 32.8 Å². The smallest absolute Gasteiger partial charge is 0.241 e. The highest BCUT2D eigenvalue weighted by Gasteiger charge is 2.40. The minimum atomic E-state index is -0.788. The van der Waals surface area contributed by atoms with E-state index in [1.54, 1.807) is 18.2 Å². The molecule has 24 heavy (non-hydrogen) atoms. The third-order valence-corrected chi connectivity index (χ3v) is 3.95. The third kappa shape index (κ3) is 3.40. The molecule has 1 N–H and O–H groups in total. The molecule has 0 bridgehead atoms. The Balaban J connectivity index is 2.52. The van der Waals surface area contributed by atoms with Crippen molar-refractivity contribution in [2.45, 2.75) is 26.9 Å². The molecule has 0 aromatic heterocycles. The molecule has 2 rings (SSSR count). The van der Waals surface area contributed by atoms with E-state index in [4.69, 9.17) is 4.74 Å². The van der Waals surface area contributed by atoms with Gasteiger partial charge in [0.2, 0.25) is 23.7 Å². The van der Waals surface area contributed by atoms with E-state index in [1.807, 2.05) is 0 Å². The standard InChI is InChI=1S/C15H17BrN4O4/c1-8(21)17-15-18-20(10(3)23)14(19(15)9(2)22)11-5-6-13(24-4)12(16)7-11/h5-7,14H,1-4H3,(H,17,18,21)/t14-/m1/s1. The van der Waals surface area contributed by atoms with Crippen LogP contribution in [-0.2, 0) is 14.4 Å². The quantitative estimate of drug-likeness (QED) is 0.820. The molecule has 1 aliphatic rings. The van der Waals surface area contributed by atoms with Crippen molar-refractivity contribution in [2.75, 3.05) is 7.11 Å². The Morgan fingerprint density at radius 1 is 1.21 bits per heavy atom. The Morgan fingerprint density at radius 2 is 1.88 bits per heavy atom. The molecule has 0 fully saturated rings. The number of amides is 3. The summed E-state index contributed by atoms with van der Waals surface area (Å²) < 4.78 is 5.86. The van der Waals surface area contributed by atoms with Crippen molar-refractivity contribution >= 4 is 39.6 Å². The van der Waals surface area contributed by atoms with E-state index in [-0.39, 0.29) is 23.7 Å². The first-order valence-electron chi connectivity index (χ1n) is 7.05. The maximum Gasteiger partial charge on any atom is 0.241 e. The summed E-state index contributed by atoms with van der Waals surface area (Å²) in [4.78, 5) is 36.7. The molecule has 0 aliphatic carbocycles. The maximum atomic E-state index is 12.1. The SMILES string of the molecule is COc1ccc([C@H]2N(C(C)=O)N=C(NC(C)=O)N2C(C)=O)cc1Br. The lowest BCUT2D eigenvalue weighted by Gasteiger charge is -2.28. The topological polar surface area (TPSA) is 91.3 Å². The molecule has 1 aromatic carbocycles. The van der Waals surface area contributed by atoms with Crippen LogP contribution in [0.15, 0.2) is 27.8 Å². The Morgan fingerprint density at radius 3 is 2.33 bits per heavy atom. The highest BCUT2D eigenvalue weighted by atomic mass is 79.9. The number of hydrogen-bond acceptors (Lipinski definition) is 5. The highest BCUT2D eigenvalue weighted by molar-refractivity contribution is 9.10. The first-order chi connectivity index (χ1) is 11.3. The van der Waals surface area contributed by atoms with Gasteiger partial charge in [-0.2, -0.15) is 0 Å². The summed E-state index contributed by atoms with van der Waals surface area (Å²) in [7, 11) is 1.54. The van der Waals surface area contributed by atoms with Crippen LogP contribution >= 0.6 is 15.9 Å². The van der Waals surface area contributed by atoms with Gasteiger partial charge < -0.3 is 4.74 Å². The van der Waals surface area contributed by atoms with Crippen LogP contribution in [0.4, 0.5) is 0 Å². The van der Waals surface area contributed by atoms with E-state index in [2.05, 4.69) is 26.3 Å². The number of nitrogens with zero attached hydrogens (tertiary/aromatic N) is 3. The Labute approximate surface area is 147 Å². The third-order valence-electron chi connectivity index (χ3n) is 3.33. The first kappa shape index (κ1) is 17.9. The number of benzene rings is 1. The largest absolute Gasteiger partial charge is 0.496 e. The van der Waals surface area contributed by atoms with Gasteiger partial charge in [0.1, 0.15) is 5.75 Å². The zero-order chi connectivity index (χ0) is 18.0. The van der Waals surface area contributed by atoms with Crippen LogP contribution in [0.5, 0.6) is 5.75 Å². The molecule has 0 radical (unpaired) electrons. The summed E-state index contributed by atoms with van der Waals surface area (Å²) in [5.41, 5.74) is 0.636. The molecule has 1 aromatic rings. The van der Waals surface area contributed by atoms with Crippen molar-refractivity contribution in [1.29, 1.82) is 0 Å². The molecule has 128 valence electrons. The molecular formula is C15H17BrN4O4. The Bertz CT molecular complexity index is 734. The number of hydrazone groups is 1. The monoisotopic (exact) mass is 396 g/mol. The van der Waals surface area contributed by atoms with E-state index in [9.17, 15) is 14.4 Å². The number of methoxy groups -OCH3 is 1. The number of rotatable bonds is 2. The number of ether oxygens (including phenoxy) is 1. The number of carbonyl (C=O) groups excluding carboxylic acids is 3. The zero-order valence-electron chi connectivity index (χ0n) is 13.7. The normalized spacial score (nSPS) is 16.7. The predicted molar refractivity (Wildman–Crippen MR) is 89.7 cm³/mol. The van der Waals surface area contributed by atoms with Gasteiger partial charge in [-0.3, -0.25) is 24.6 Å². The fourth-order valence-electron chi connectivity index (χ4n) is 2.37. The van der Waals surface area contributed by atoms with Crippen molar-refractivity contribution < 1.29 is 19.1 Å². The summed E-state index contributed by atoms with van der Waals surface area (Å²) >= 11 is 3.38. The molecule has 1 atom stereocenters. The van der Waals surface area contributed by atoms with Crippen molar-refractivity contribution in [1.82, 2.24) is 15.2 Å². The number of halogens is 1. The summed E-state index contributed by atoms with van der Waals surface area (Å²) in [5, 5.41) is 7.72. The highest BCUT2D eigenvalue weighted by Crippen LogP contribution is 2.35. The second kappa shape index (κ2) is 7.00. The predicted octanol–water partition coefficient (Wildman–Crippen LogP) is 1.57. The van der Waals surface area contributed by atoms with Crippen molar-refractivity contribution in [3.63, 3.8) is 0 Å².